The molecule has 1 aromatic heterocycles. The summed E-state index contributed by atoms with van der Waals surface area (Å²) in [5.74, 6) is 0. The highest BCUT2D eigenvalue weighted by Gasteiger charge is 2.09. The van der Waals surface area contributed by atoms with Crippen LogP contribution < -0.4 is 10.3 Å². The number of benzene rings is 1. The molecule has 0 amide bonds. The van der Waals surface area contributed by atoms with Crippen LogP contribution in [-0.4, -0.2) is 16.2 Å². The van der Waals surface area contributed by atoms with Gasteiger partial charge in [0.1, 0.15) is 0 Å². The fourth-order valence-electron chi connectivity index (χ4n) is 1.75. The zero-order valence-corrected chi connectivity index (χ0v) is 10.5. The minimum atomic E-state index is -0.203. The van der Waals surface area contributed by atoms with E-state index in [0.717, 1.165) is 5.56 Å². The van der Waals surface area contributed by atoms with Gasteiger partial charge in [0.05, 0.1) is 24.8 Å². The quantitative estimate of drug-likeness (QED) is 0.831. The van der Waals surface area contributed by atoms with Crippen molar-refractivity contribution in [2.45, 2.75) is 13.5 Å². The summed E-state index contributed by atoms with van der Waals surface area (Å²) in [6, 6.07) is 10.9. The average molecular weight is 255 g/mol. The van der Waals surface area contributed by atoms with Crippen molar-refractivity contribution in [3.63, 3.8) is 0 Å². The number of hydrogen-bond donors (Lipinski definition) is 0. The Kier molecular flexibility index (Phi) is 3.94. The molecule has 2 aromatic rings. The lowest BCUT2D eigenvalue weighted by atomic mass is 10.1. The Hall–Kier alpha value is -2.61. The van der Waals surface area contributed by atoms with E-state index in [1.807, 2.05) is 19.1 Å². The van der Waals surface area contributed by atoms with Crippen LogP contribution >= 0.6 is 0 Å². The molecular weight excluding hydrogens is 242 g/mol. The second-order valence-corrected chi connectivity index (χ2v) is 3.85. The lowest BCUT2D eigenvalue weighted by Crippen LogP contribution is -2.23. The van der Waals surface area contributed by atoms with Crippen molar-refractivity contribution in [1.82, 2.24) is 9.55 Å². The Labute approximate surface area is 110 Å². The molecule has 0 saturated carbocycles. The molecule has 0 unspecified atom stereocenters. The van der Waals surface area contributed by atoms with Gasteiger partial charge < -0.3 is 4.74 Å². The van der Waals surface area contributed by atoms with Crippen LogP contribution in [0.3, 0.4) is 0 Å². The van der Waals surface area contributed by atoms with E-state index in [0.29, 0.717) is 12.2 Å². The average Bonchev–Trinajstić information content (AvgIpc) is 2.43. The van der Waals surface area contributed by atoms with Gasteiger partial charge in [-0.15, -0.1) is 0 Å². The smallest absolute Gasteiger partial charge is 0.299 e. The predicted octanol–water partition coefficient (Wildman–Crippen LogP) is 1.56. The maximum absolute atomic E-state index is 11.9. The van der Waals surface area contributed by atoms with Gasteiger partial charge in [-0.1, -0.05) is 18.2 Å². The first-order valence-electron chi connectivity index (χ1n) is 5.93. The van der Waals surface area contributed by atoms with E-state index in [2.05, 4.69) is 11.1 Å². The van der Waals surface area contributed by atoms with Crippen LogP contribution in [0, 0.1) is 11.3 Å². The zero-order valence-electron chi connectivity index (χ0n) is 10.5. The van der Waals surface area contributed by atoms with Gasteiger partial charge in [-0.3, -0.25) is 9.36 Å². The lowest BCUT2D eigenvalue weighted by molar-refractivity contribution is 0.291. The third kappa shape index (κ3) is 2.80. The summed E-state index contributed by atoms with van der Waals surface area (Å²) in [4.78, 5) is 15.9. The molecule has 0 saturated heterocycles. The Balaban J connectivity index is 2.44. The molecule has 0 fully saturated rings. The van der Waals surface area contributed by atoms with Crippen molar-refractivity contribution >= 4 is 0 Å². The SMILES string of the molecule is CCOc1nccc(=O)n1Cc1ccccc1C#N. The summed E-state index contributed by atoms with van der Waals surface area (Å²) >= 11 is 0. The van der Waals surface area contributed by atoms with Crippen LogP contribution in [0.25, 0.3) is 0 Å². The molecule has 0 aliphatic rings. The largest absolute Gasteiger partial charge is 0.465 e. The van der Waals surface area contributed by atoms with E-state index in [4.69, 9.17) is 10.00 Å². The van der Waals surface area contributed by atoms with Crippen LogP contribution in [-0.2, 0) is 6.54 Å². The predicted molar refractivity (Wildman–Crippen MR) is 69.9 cm³/mol. The molecule has 0 spiro atoms. The van der Waals surface area contributed by atoms with Gasteiger partial charge in [0, 0.05) is 12.3 Å². The van der Waals surface area contributed by atoms with Crippen molar-refractivity contribution in [3.8, 4) is 12.1 Å². The van der Waals surface area contributed by atoms with Crippen molar-refractivity contribution in [3.05, 3.63) is 58.0 Å². The fourth-order valence-corrected chi connectivity index (χ4v) is 1.75. The molecule has 0 N–H and O–H groups in total. The first kappa shape index (κ1) is 12.8. The first-order valence-corrected chi connectivity index (χ1v) is 5.93. The molecule has 5 heteroatoms. The molecule has 1 heterocycles. The van der Waals surface area contributed by atoms with Gasteiger partial charge in [0.2, 0.25) is 0 Å². The van der Waals surface area contributed by atoms with Crippen LogP contribution in [0.5, 0.6) is 6.01 Å². The molecule has 0 bridgehead atoms. The molecule has 2 rings (SSSR count). The van der Waals surface area contributed by atoms with Crippen LogP contribution in [0.2, 0.25) is 0 Å². The van der Waals surface area contributed by atoms with Crippen molar-refractivity contribution in [2.24, 2.45) is 0 Å². The molecule has 1 aromatic carbocycles. The number of nitriles is 1. The van der Waals surface area contributed by atoms with E-state index in [-0.39, 0.29) is 18.1 Å². The van der Waals surface area contributed by atoms with Crippen molar-refractivity contribution < 1.29 is 4.74 Å². The lowest BCUT2D eigenvalue weighted by Gasteiger charge is -2.11. The normalized spacial score (nSPS) is 9.89. The number of rotatable bonds is 4. The Bertz CT molecular complexity index is 671. The topological polar surface area (TPSA) is 67.9 Å². The third-order valence-electron chi connectivity index (χ3n) is 2.64. The number of hydrogen-bond acceptors (Lipinski definition) is 4. The Morgan fingerprint density at radius 1 is 1.37 bits per heavy atom. The summed E-state index contributed by atoms with van der Waals surface area (Å²) in [6.45, 7) is 2.52. The molecule has 0 atom stereocenters. The highest BCUT2D eigenvalue weighted by atomic mass is 16.5. The second-order valence-electron chi connectivity index (χ2n) is 3.85. The Morgan fingerprint density at radius 2 is 2.16 bits per heavy atom. The number of aromatic nitrogens is 2. The minimum Gasteiger partial charge on any atom is -0.465 e. The van der Waals surface area contributed by atoms with Gasteiger partial charge >= 0.3 is 0 Å². The van der Waals surface area contributed by atoms with E-state index < -0.39 is 0 Å². The first-order chi connectivity index (χ1) is 9.26. The fraction of sp³-hybridized carbons (Fsp3) is 0.214. The molecule has 0 aliphatic carbocycles. The van der Waals surface area contributed by atoms with Gasteiger partial charge in [-0.2, -0.15) is 5.26 Å². The van der Waals surface area contributed by atoms with E-state index in [1.165, 1.54) is 16.8 Å². The summed E-state index contributed by atoms with van der Waals surface area (Å²) < 4.78 is 6.75. The minimum absolute atomic E-state index is 0.203. The summed E-state index contributed by atoms with van der Waals surface area (Å²) in [6.07, 6.45) is 1.42. The van der Waals surface area contributed by atoms with Gasteiger partial charge in [0.15, 0.2) is 0 Å². The monoisotopic (exact) mass is 255 g/mol. The Morgan fingerprint density at radius 3 is 2.89 bits per heavy atom. The van der Waals surface area contributed by atoms with Crippen molar-refractivity contribution in [1.29, 1.82) is 5.26 Å². The highest BCUT2D eigenvalue weighted by Crippen LogP contribution is 2.11. The van der Waals surface area contributed by atoms with Crippen molar-refractivity contribution in [2.75, 3.05) is 6.61 Å². The van der Waals surface area contributed by atoms with E-state index in [9.17, 15) is 4.79 Å². The van der Waals surface area contributed by atoms with Gasteiger partial charge in [0.25, 0.3) is 11.6 Å². The third-order valence-corrected chi connectivity index (χ3v) is 2.64. The second kappa shape index (κ2) is 5.83. The molecule has 5 nitrogen and oxygen atoms in total. The molecule has 0 radical (unpaired) electrons. The maximum Gasteiger partial charge on any atom is 0.299 e. The summed E-state index contributed by atoms with van der Waals surface area (Å²) in [7, 11) is 0. The molecular formula is C14H13N3O2. The summed E-state index contributed by atoms with van der Waals surface area (Å²) in [5, 5.41) is 9.05. The van der Waals surface area contributed by atoms with Gasteiger partial charge in [-0.25, -0.2) is 4.98 Å². The van der Waals surface area contributed by atoms with E-state index in [1.54, 1.807) is 12.1 Å². The summed E-state index contributed by atoms with van der Waals surface area (Å²) in [5.41, 5.74) is 1.10. The van der Waals surface area contributed by atoms with E-state index >= 15 is 0 Å². The standard InChI is InChI=1S/C14H13N3O2/c1-2-19-14-16-8-7-13(18)17(14)10-12-6-4-3-5-11(12)9-15/h3-8H,2,10H2,1H3. The molecule has 0 aliphatic heterocycles. The van der Waals surface area contributed by atoms with Crippen LogP contribution in [0.15, 0.2) is 41.3 Å². The van der Waals surface area contributed by atoms with Crippen LogP contribution in [0.1, 0.15) is 18.1 Å². The maximum atomic E-state index is 11.9. The number of ether oxygens (including phenoxy) is 1. The number of nitrogens with zero attached hydrogens (tertiary/aromatic N) is 3. The van der Waals surface area contributed by atoms with Gasteiger partial charge in [-0.05, 0) is 18.6 Å². The molecule has 19 heavy (non-hydrogen) atoms. The highest BCUT2D eigenvalue weighted by molar-refractivity contribution is 5.37. The molecule has 96 valence electrons. The van der Waals surface area contributed by atoms with Crippen LogP contribution in [0.4, 0.5) is 0 Å². The zero-order chi connectivity index (χ0) is 13.7.